The van der Waals surface area contributed by atoms with E-state index in [4.69, 9.17) is 0 Å². The molecule has 0 aliphatic carbocycles. The van der Waals surface area contributed by atoms with Crippen molar-refractivity contribution in [3.05, 3.63) is 125 Å². The molecule has 0 fully saturated rings. The largest absolute Gasteiger partial charge is 0.113 e. The molecule has 0 N–H and O–H groups in total. The van der Waals surface area contributed by atoms with E-state index in [2.05, 4.69) is 124 Å². The van der Waals surface area contributed by atoms with Gasteiger partial charge in [0, 0.05) is 6.42 Å². The van der Waals surface area contributed by atoms with Gasteiger partial charge in [0.25, 0.3) is 0 Å². The third kappa shape index (κ3) is 3.85. The van der Waals surface area contributed by atoms with E-state index in [9.17, 15) is 0 Å². The van der Waals surface area contributed by atoms with Gasteiger partial charge in [-0.15, -0.1) is 0 Å². The Morgan fingerprint density at radius 1 is 0.467 bits per heavy atom. The highest BCUT2D eigenvalue weighted by Gasteiger charge is 2.47. The molecule has 0 radical (unpaired) electrons. The SMILES string of the molecule is Cc1ccccc1[P+](CCc1ccccc1)(c1ccccc1C)c1ccccc1C. The highest BCUT2D eigenvalue weighted by atomic mass is 31.2. The van der Waals surface area contributed by atoms with Crippen LogP contribution in [0.15, 0.2) is 103 Å². The molecule has 0 aliphatic rings. The van der Waals surface area contributed by atoms with Crippen LogP contribution in [-0.4, -0.2) is 6.16 Å². The predicted molar refractivity (Wildman–Crippen MR) is 134 cm³/mol. The summed E-state index contributed by atoms with van der Waals surface area (Å²) in [5, 5.41) is 4.55. The van der Waals surface area contributed by atoms with E-state index in [0.29, 0.717) is 0 Å². The van der Waals surface area contributed by atoms with Crippen LogP contribution in [-0.2, 0) is 6.42 Å². The van der Waals surface area contributed by atoms with Gasteiger partial charge in [0.15, 0.2) is 0 Å². The fraction of sp³-hybridized carbons (Fsp3) is 0.172. The second-order valence-corrected chi connectivity index (χ2v) is 11.6. The maximum absolute atomic E-state index is 2.38. The summed E-state index contributed by atoms with van der Waals surface area (Å²) in [6, 6.07) is 38.1. The first-order chi connectivity index (χ1) is 14.6. The van der Waals surface area contributed by atoms with E-state index in [0.717, 1.165) is 12.6 Å². The predicted octanol–water partition coefficient (Wildman–Crippen LogP) is 6.15. The molecule has 0 heterocycles. The Bertz CT molecular complexity index is 1020. The number of aryl methyl sites for hydroxylation is 4. The summed E-state index contributed by atoms with van der Waals surface area (Å²) < 4.78 is 0. The number of benzene rings is 4. The molecule has 0 saturated carbocycles. The molecule has 0 aromatic heterocycles. The first-order valence-electron chi connectivity index (χ1n) is 10.7. The van der Waals surface area contributed by atoms with Crippen molar-refractivity contribution in [2.24, 2.45) is 0 Å². The first kappa shape index (κ1) is 20.6. The molecule has 0 atom stereocenters. The van der Waals surface area contributed by atoms with Gasteiger partial charge in [0.05, 0.1) is 6.16 Å². The molecule has 0 unspecified atom stereocenters. The number of rotatable bonds is 6. The van der Waals surface area contributed by atoms with E-state index in [-0.39, 0.29) is 0 Å². The molecule has 0 spiro atoms. The second-order valence-electron chi connectivity index (χ2n) is 8.13. The highest BCUT2D eigenvalue weighted by Crippen LogP contribution is 2.57. The van der Waals surface area contributed by atoms with Gasteiger partial charge >= 0.3 is 0 Å². The van der Waals surface area contributed by atoms with E-state index in [1.54, 1.807) is 0 Å². The zero-order valence-corrected chi connectivity index (χ0v) is 19.1. The van der Waals surface area contributed by atoms with E-state index < -0.39 is 7.26 Å². The van der Waals surface area contributed by atoms with Crippen molar-refractivity contribution in [3.63, 3.8) is 0 Å². The van der Waals surface area contributed by atoms with Gasteiger partial charge in [-0.3, -0.25) is 0 Å². The topological polar surface area (TPSA) is 0 Å². The monoisotopic (exact) mass is 409 g/mol. The van der Waals surface area contributed by atoms with Crippen molar-refractivity contribution in [1.29, 1.82) is 0 Å². The van der Waals surface area contributed by atoms with Crippen LogP contribution in [0.3, 0.4) is 0 Å². The summed E-state index contributed by atoms with van der Waals surface area (Å²) in [5.74, 6) is 0. The van der Waals surface area contributed by atoms with Crippen LogP contribution in [0.2, 0.25) is 0 Å². The maximum Gasteiger partial charge on any atom is 0.113 e. The lowest BCUT2D eigenvalue weighted by Gasteiger charge is -2.31. The van der Waals surface area contributed by atoms with Crippen molar-refractivity contribution in [2.75, 3.05) is 6.16 Å². The minimum absolute atomic E-state index is 1.08. The standard InChI is InChI=1S/C29H30P/c1-23-13-7-10-18-27(23)30(28-19-11-8-14-24(28)2,29-20-12-9-15-25(29)3)22-21-26-16-5-4-6-17-26/h4-20H,21-22H2,1-3H3/q+1. The Morgan fingerprint density at radius 3 is 1.23 bits per heavy atom. The van der Waals surface area contributed by atoms with Crippen LogP contribution in [0.5, 0.6) is 0 Å². The Hall–Kier alpha value is -2.69. The summed E-state index contributed by atoms with van der Waals surface area (Å²) in [6.45, 7) is 6.84. The summed E-state index contributed by atoms with van der Waals surface area (Å²) in [6.07, 6.45) is 2.21. The molecule has 0 amide bonds. The zero-order valence-electron chi connectivity index (χ0n) is 18.2. The van der Waals surface area contributed by atoms with Gasteiger partial charge in [-0.1, -0.05) is 84.9 Å². The maximum atomic E-state index is 2.38. The Balaban J connectivity index is 2.01. The fourth-order valence-corrected chi connectivity index (χ4v) is 9.81. The normalized spacial score (nSPS) is 11.4. The smallest absolute Gasteiger partial charge is 0.0622 e. The average molecular weight is 410 g/mol. The van der Waals surface area contributed by atoms with Crippen molar-refractivity contribution >= 4 is 23.2 Å². The number of hydrogen-bond acceptors (Lipinski definition) is 0. The Kier molecular flexibility index (Phi) is 6.16. The van der Waals surface area contributed by atoms with Gasteiger partial charge in [0.1, 0.15) is 23.2 Å². The molecule has 150 valence electrons. The average Bonchev–Trinajstić information content (AvgIpc) is 2.78. The molecule has 4 aromatic carbocycles. The molecule has 0 aliphatic heterocycles. The molecular weight excluding hydrogens is 379 g/mol. The molecule has 4 aromatic rings. The molecule has 0 bridgehead atoms. The van der Waals surface area contributed by atoms with Crippen molar-refractivity contribution in [1.82, 2.24) is 0 Å². The molecule has 0 saturated heterocycles. The lowest BCUT2D eigenvalue weighted by Crippen LogP contribution is -2.37. The van der Waals surface area contributed by atoms with E-state index in [1.165, 1.54) is 38.2 Å². The van der Waals surface area contributed by atoms with Gasteiger partial charge in [0.2, 0.25) is 0 Å². The molecule has 0 nitrogen and oxygen atoms in total. The van der Waals surface area contributed by atoms with Crippen LogP contribution < -0.4 is 15.9 Å². The molecule has 30 heavy (non-hydrogen) atoms. The van der Waals surface area contributed by atoms with Crippen LogP contribution >= 0.6 is 7.26 Å². The lowest BCUT2D eigenvalue weighted by atomic mass is 10.2. The lowest BCUT2D eigenvalue weighted by molar-refractivity contribution is 1.14. The second kappa shape index (κ2) is 8.99. The fourth-order valence-electron chi connectivity index (χ4n) is 4.67. The van der Waals surface area contributed by atoms with Crippen LogP contribution in [0.25, 0.3) is 0 Å². The van der Waals surface area contributed by atoms with Gasteiger partial charge < -0.3 is 0 Å². The van der Waals surface area contributed by atoms with Crippen LogP contribution in [0.1, 0.15) is 22.3 Å². The quantitative estimate of drug-likeness (QED) is 0.335. The van der Waals surface area contributed by atoms with Crippen molar-refractivity contribution < 1.29 is 0 Å². The third-order valence-corrected chi connectivity index (χ3v) is 11.0. The van der Waals surface area contributed by atoms with Crippen LogP contribution in [0, 0.1) is 20.8 Å². The van der Waals surface area contributed by atoms with Gasteiger partial charge in [-0.25, -0.2) is 0 Å². The highest BCUT2D eigenvalue weighted by molar-refractivity contribution is 7.96. The summed E-state index contributed by atoms with van der Waals surface area (Å²) in [4.78, 5) is 0. The van der Waals surface area contributed by atoms with Crippen molar-refractivity contribution in [3.8, 4) is 0 Å². The molecule has 1 heteroatoms. The van der Waals surface area contributed by atoms with Gasteiger partial charge in [-0.2, -0.15) is 0 Å². The number of hydrogen-bond donors (Lipinski definition) is 0. The summed E-state index contributed by atoms with van der Waals surface area (Å²) >= 11 is 0. The molecular formula is C29H30P+. The van der Waals surface area contributed by atoms with Crippen LogP contribution in [0.4, 0.5) is 0 Å². The third-order valence-electron chi connectivity index (χ3n) is 6.16. The summed E-state index contributed by atoms with van der Waals surface area (Å²) in [7, 11) is -1.83. The summed E-state index contributed by atoms with van der Waals surface area (Å²) in [5.41, 5.74) is 5.60. The van der Waals surface area contributed by atoms with E-state index >= 15 is 0 Å². The zero-order chi connectivity index (χ0) is 21.0. The Labute approximate surface area is 182 Å². The Morgan fingerprint density at radius 2 is 0.833 bits per heavy atom. The molecule has 4 rings (SSSR count). The van der Waals surface area contributed by atoms with Gasteiger partial charge in [-0.05, 0) is 61.2 Å². The minimum atomic E-state index is -1.83. The van der Waals surface area contributed by atoms with Crippen molar-refractivity contribution in [2.45, 2.75) is 27.2 Å². The minimum Gasteiger partial charge on any atom is -0.0622 e. The van der Waals surface area contributed by atoms with E-state index in [1.807, 2.05) is 0 Å². The first-order valence-corrected chi connectivity index (χ1v) is 12.7.